The summed E-state index contributed by atoms with van der Waals surface area (Å²) in [5.74, 6) is 1.01. The molecule has 6 heteroatoms. The van der Waals surface area contributed by atoms with Gasteiger partial charge in [-0.15, -0.1) is 24.0 Å². The van der Waals surface area contributed by atoms with Crippen LogP contribution >= 0.6 is 24.0 Å². The molecule has 1 N–H and O–H groups in total. The van der Waals surface area contributed by atoms with Crippen LogP contribution in [-0.2, 0) is 13.6 Å². The van der Waals surface area contributed by atoms with E-state index >= 15 is 0 Å². The van der Waals surface area contributed by atoms with Gasteiger partial charge in [-0.3, -0.25) is 4.99 Å². The lowest BCUT2D eigenvalue weighted by atomic mass is 10.1. The van der Waals surface area contributed by atoms with E-state index in [1.807, 2.05) is 0 Å². The quantitative estimate of drug-likeness (QED) is 0.236. The first-order valence-corrected chi connectivity index (χ1v) is 9.29. The van der Waals surface area contributed by atoms with Gasteiger partial charge in [0.25, 0.3) is 0 Å². The summed E-state index contributed by atoms with van der Waals surface area (Å²) >= 11 is 0. The Balaban J connectivity index is 0.00000576. The average molecular weight is 463 g/mol. The van der Waals surface area contributed by atoms with Crippen molar-refractivity contribution in [2.24, 2.45) is 12.0 Å². The molecule has 0 aromatic carbocycles. The first-order chi connectivity index (χ1) is 11.5. The molecule has 146 valence electrons. The van der Waals surface area contributed by atoms with Crippen molar-refractivity contribution in [2.45, 2.75) is 45.6 Å². The van der Waals surface area contributed by atoms with Crippen LogP contribution < -0.4 is 5.32 Å². The van der Waals surface area contributed by atoms with Gasteiger partial charge >= 0.3 is 0 Å². The topological polar surface area (TPSA) is 35.8 Å². The van der Waals surface area contributed by atoms with Crippen molar-refractivity contribution >= 4 is 29.9 Å². The molecule has 0 spiro atoms. The minimum atomic E-state index is 0. The summed E-state index contributed by atoms with van der Waals surface area (Å²) in [5, 5.41) is 3.40. The van der Waals surface area contributed by atoms with E-state index in [9.17, 15) is 0 Å². The molecule has 25 heavy (non-hydrogen) atoms. The van der Waals surface area contributed by atoms with Crippen LogP contribution in [0.1, 0.15) is 44.7 Å². The van der Waals surface area contributed by atoms with Crippen LogP contribution in [0.5, 0.6) is 0 Å². The predicted molar refractivity (Wildman–Crippen MR) is 120 cm³/mol. The summed E-state index contributed by atoms with van der Waals surface area (Å²) in [7, 11) is 8.48. The molecule has 0 atom stereocenters. The number of rotatable bonds is 11. The zero-order valence-electron chi connectivity index (χ0n) is 16.8. The van der Waals surface area contributed by atoms with E-state index in [1.54, 1.807) is 0 Å². The highest BCUT2D eigenvalue weighted by atomic mass is 127. The van der Waals surface area contributed by atoms with Crippen molar-refractivity contribution in [3.05, 3.63) is 24.0 Å². The van der Waals surface area contributed by atoms with Gasteiger partial charge in [0.15, 0.2) is 5.96 Å². The first-order valence-electron chi connectivity index (χ1n) is 9.29. The Morgan fingerprint density at radius 1 is 1.12 bits per heavy atom. The number of aryl methyl sites for hydroxylation is 1. The Bertz CT molecular complexity index is 470. The lowest BCUT2D eigenvalue weighted by molar-refractivity contribution is 0.390. The number of hydrogen-bond donors (Lipinski definition) is 1. The molecule has 1 rings (SSSR count). The number of nitrogens with zero attached hydrogens (tertiary/aromatic N) is 4. The maximum Gasteiger partial charge on any atom is 0.194 e. The van der Waals surface area contributed by atoms with Crippen LogP contribution in [0.3, 0.4) is 0 Å². The first kappa shape index (κ1) is 24.2. The van der Waals surface area contributed by atoms with Gasteiger partial charge in [-0.05, 0) is 52.5 Å². The third kappa shape index (κ3) is 10.7. The number of hydrogen-bond acceptors (Lipinski definition) is 2. The zero-order chi connectivity index (χ0) is 17.8. The molecule has 1 aromatic rings. The molecule has 0 unspecified atom stereocenters. The Hall–Kier alpha value is -0.760. The van der Waals surface area contributed by atoms with Crippen molar-refractivity contribution in [3.63, 3.8) is 0 Å². The number of nitrogens with one attached hydrogen (secondary N) is 1. The van der Waals surface area contributed by atoms with E-state index in [0.29, 0.717) is 0 Å². The molecule has 0 saturated carbocycles. The van der Waals surface area contributed by atoms with Crippen LogP contribution in [0.15, 0.2) is 23.3 Å². The maximum atomic E-state index is 4.78. The van der Waals surface area contributed by atoms with E-state index in [4.69, 9.17) is 4.99 Å². The molecule has 5 nitrogen and oxygen atoms in total. The molecule has 0 fully saturated rings. The summed E-state index contributed by atoms with van der Waals surface area (Å²) in [6.07, 6.45) is 8.49. The highest BCUT2D eigenvalue weighted by Crippen LogP contribution is 2.06. The largest absolute Gasteiger partial charge is 0.357 e. The smallest absolute Gasteiger partial charge is 0.194 e. The van der Waals surface area contributed by atoms with Crippen LogP contribution in [0, 0.1) is 0 Å². The van der Waals surface area contributed by atoms with Gasteiger partial charge in [0.1, 0.15) is 0 Å². The number of guanidine groups is 1. The monoisotopic (exact) mass is 463 g/mol. The number of halogens is 1. The molecular weight excluding hydrogens is 425 g/mol. The zero-order valence-corrected chi connectivity index (χ0v) is 19.1. The van der Waals surface area contributed by atoms with Crippen molar-refractivity contribution in [1.29, 1.82) is 0 Å². The van der Waals surface area contributed by atoms with E-state index < -0.39 is 0 Å². The van der Waals surface area contributed by atoms with E-state index in [0.717, 1.165) is 25.6 Å². The van der Waals surface area contributed by atoms with Crippen molar-refractivity contribution in [3.8, 4) is 0 Å². The van der Waals surface area contributed by atoms with Crippen molar-refractivity contribution < 1.29 is 0 Å². The van der Waals surface area contributed by atoms with E-state index in [1.165, 1.54) is 44.3 Å². The minimum absolute atomic E-state index is 0. The SMILES string of the molecule is CCNC(=NCCCCCCCN(C)C)N(C)Cc1cccn1C.I. The van der Waals surface area contributed by atoms with Gasteiger partial charge < -0.3 is 19.7 Å². The highest BCUT2D eigenvalue weighted by molar-refractivity contribution is 14.0. The third-order valence-electron chi connectivity index (χ3n) is 4.17. The van der Waals surface area contributed by atoms with Crippen LogP contribution in [0.4, 0.5) is 0 Å². The second-order valence-electron chi connectivity index (χ2n) is 6.77. The second kappa shape index (κ2) is 14.4. The average Bonchev–Trinajstić information content (AvgIpc) is 2.93. The normalized spacial score (nSPS) is 11.5. The molecule has 0 bridgehead atoms. The summed E-state index contributed by atoms with van der Waals surface area (Å²) < 4.78 is 2.16. The fourth-order valence-corrected chi connectivity index (χ4v) is 2.70. The molecule has 0 aliphatic heterocycles. The number of unbranched alkanes of at least 4 members (excludes halogenated alkanes) is 4. The van der Waals surface area contributed by atoms with Gasteiger partial charge in [0.2, 0.25) is 0 Å². The molecule has 0 radical (unpaired) electrons. The van der Waals surface area contributed by atoms with Crippen molar-refractivity contribution in [1.82, 2.24) is 19.7 Å². The molecule has 1 aromatic heterocycles. The molecule has 0 amide bonds. The fraction of sp³-hybridized carbons (Fsp3) is 0.737. The molecule has 0 aliphatic rings. The predicted octanol–water partition coefficient (Wildman–Crippen LogP) is 3.55. The van der Waals surface area contributed by atoms with Gasteiger partial charge in [-0.25, -0.2) is 0 Å². The third-order valence-corrected chi connectivity index (χ3v) is 4.17. The maximum absolute atomic E-state index is 4.78. The van der Waals surface area contributed by atoms with Gasteiger partial charge in [0, 0.05) is 39.1 Å². The van der Waals surface area contributed by atoms with Crippen molar-refractivity contribution in [2.75, 3.05) is 40.8 Å². The lowest BCUT2D eigenvalue weighted by Gasteiger charge is -2.22. The summed E-state index contributed by atoms with van der Waals surface area (Å²) in [6, 6.07) is 4.25. The second-order valence-corrected chi connectivity index (χ2v) is 6.77. The van der Waals surface area contributed by atoms with Gasteiger partial charge in [-0.2, -0.15) is 0 Å². The van der Waals surface area contributed by atoms with Crippen LogP contribution in [0.2, 0.25) is 0 Å². The van der Waals surface area contributed by atoms with Crippen LogP contribution in [-0.4, -0.2) is 61.1 Å². The summed E-state index contributed by atoms with van der Waals surface area (Å²) in [4.78, 5) is 9.25. The molecule has 0 aliphatic carbocycles. The highest BCUT2D eigenvalue weighted by Gasteiger charge is 2.07. The minimum Gasteiger partial charge on any atom is -0.357 e. The lowest BCUT2D eigenvalue weighted by Crippen LogP contribution is -2.38. The standard InChI is InChI=1S/C19H37N5.HI/c1-6-20-19(24(5)17-18-13-12-16-23(18)4)21-14-10-8-7-9-11-15-22(2)3;/h12-13,16H,6-11,14-15,17H2,1-5H3,(H,20,21);1H. The number of aromatic nitrogens is 1. The summed E-state index contributed by atoms with van der Waals surface area (Å²) in [5.41, 5.74) is 1.30. The molecule has 1 heterocycles. The van der Waals surface area contributed by atoms with Gasteiger partial charge in [-0.1, -0.05) is 19.3 Å². The Kier molecular flexibility index (Phi) is 14.0. The Morgan fingerprint density at radius 3 is 2.40 bits per heavy atom. The van der Waals surface area contributed by atoms with Crippen LogP contribution in [0.25, 0.3) is 0 Å². The Labute approximate surface area is 171 Å². The van der Waals surface area contributed by atoms with E-state index in [2.05, 4.69) is 73.1 Å². The van der Waals surface area contributed by atoms with Gasteiger partial charge in [0.05, 0.1) is 6.54 Å². The fourth-order valence-electron chi connectivity index (χ4n) is 2.70. The number of aliphatic imine (C=N–C) groups is 1. The molecular formula is C19H38IN5. The Morgan fingerprint density at radius 2 is 1.80 bits per heavy atom. The summed E-state index contributed by atoms with van der Waals surface area (Å²) in [6.45, 7) is 6.01. The molecule has 0 saturated heterocycles. The van der Waals surface area contributed by atoms with E-state index in [-0.39, 0.29) is 24.0 Å².